The van der Waals surface area contributed by atoms with Crippen LogP contribution in [0.2, 0.25) is 0 Å². The lowest BCUT2D eigenvalue weighted by Crippen LogP contribution is -2.46. The molecule has 1 aliphatic heterocycles. The van der Waals surface area contributed by atoms with Gasteiger partial charge in [-0.15, -0.1) is 0 Å². The first-order valence-corrected chi connectivity index (χ1v) is 11.8. The third-order valence-electron chi connectivity index (χ3n) is 5.32. The van der Waals surface area contributed by atoms with Gasteiger partial charge < -0.3 is 10.2 Å². The smallest absolute Gasteiger partial charge is 0.319 e. The van der Waals surface area contributed by atoms with Gasteiger partial charge in [-0.1, -0.05) is 12.1 Å². The molecule has 4 amide bonds. The summed E-state index contributed by atoms with van der Waals surface area (Å²) in [5.41, 5.74) is -0.597. The zero-order valence-electron chi connectivity index (χ0n) is 18.1. The quantitative estimate of drug-likeness (QED) is 0.666. The number of nitrogens with one attached hydrogen (secondary N) is 1. The number of hydrogen-bond acceptors (Lipinski definition) is 5. The molecule has 0 spiro atoms. The first-order valence-electron chi connectivity index (χ1n) is 9.87. The predicted octanol–water partition coefficient (Wildman–Crippen LogP) is 2.44. The molecule has 2 aromatic rings. The number of amides is 4. The summed E-state index contributed by atoms with van der Waals surface area (Å²) in [7, 11) is -3.39. The molecule has 0 bridgehead atoms. The SMILES string of the molecule is CC(C)N(C(=O)CN1C(=O)NC(C)(c2ccc(F)cc2)C1=O)c1ccc(S(C)(=O)=O)cc1. The number of carbonyl (C=O) groups excluding carboxylic acids is 3. The number of benzene rings is 2. The molecule has 170 valence electrons. The molecule has 0 aromatic heterocycles. The molecular formula is C22H24FN3O5S. The predicted molar refractivity (Wildman–Crippen MR) is 116 cm³/mol. The van der Waals surface area contributed by atoms with Crippen LogP contribution >= 0.6 is 0 Å². The molecule has 1 aliphatic rings. The van der Waals surface area contributed by atoms with E-state index in [9.17, 15) is 27.2 Å². The number of anilines is 1. The Bertz CT molecular complexity index is 1160. The van der Waals surface area contributed by atoms with Gasteiger partial charge in [-0.2, -0.15) is 0 Å². The third-order valence-corrected chi connectivity index (χ3v) is 6.45. The fourth-order valence-corrected chi connectivity index (χ4v) is 4.25. The lowest BCUT2D eigenvalue weighted by molar-refractivity contribution is -0.134. The Labute approximate surface area is 185 Å². The minimum atomic E-state index is -3.39. The first kappa shape index (κ1) is 23.4. The minimum absolute atomic E-state index is 0.113. The average molecular weight is 462 g/mol. The summed E-state index contributed by atoms with van der Waals surface area (Å²) in [6.07, 6.45) is 1.09. The van der Waals surface area contributed by atoms with E-state index >= 15 is 0 Å². The number of halogens is 1. The van der Waals surface area contributed by atoms with E-state index in [0.717, 1.165) is 11.2 Å². The molecule has 10 heteroatoms. The van der Waals surface area contributed by atoms with Crippen molar-refractivity contribution in [2.75, 3.05) is 17.7 Å². The Morgan fingerprint density at radius 3 is 2.16 bits per heavy atom. The summed E-state index contributed by atoms with van der Waals surface area (Å²) < 4.78 is 36.7. The van der Waals surface area contributed by atoms with E-state index < -0.39 is 45.6 Å². The number of sulfone groups is 1. The Kier molecular flexibility index (Phi) is 6.10. The van der Waals surface area contributed by atoms with Crippen molar-refractivity contribution in [3.05, 3.63) is 59.9 Å². The van der Waals surface area contributed by atoms with Crippen molar-refractivity contribution in [3.8, 4) is 0 Å². The third kappa shape index (κ3) is 4.36. The molecule has 1 unspecified atom stereocenters. The number of imide groups is 1. The van der Waals surface area contributed by atoms with Crippen molar-refractivity contribution in [3.63, 3.8) is 0 Å². The van der Waals surface area contributed by atoms with E-state index in [1.54, 1.807) is 13.8 Å². The summed E-state index contributed by atoms with van der Waals surface area (Å²) in [4.78, 5) is 41.0. The number of urea groups is 1. The fourth-order valence-electron chi connectivity index (χ4n) is 3.61. The Morgan fingerprint density at radius 2 is 1.66 bits per heavy atom. The molecule has 0 aliphatic carbocycles. The average Bonchev–Trinajstić information content (AvgIpc) is 2.92. The molecular weight excluding hydrogens is 437 g/mol. The van der Waals surface area contributed by atoms with Gasteiger partial charge >= 0.3 is 6.03 Å². The fraction of sp³-hybridized carbons (Fsp3) is 0.318. The number of rotatable bonds is 6. The second-order valence-corrected chi connectivity index (χ2v) is 10.1. The summed E-state index contributed by atoms with van der Waals surface area (Å²) >= 11 is 0. The van der Waals surface area contributed by atoms with Gasteiger partial charge in [0.25, 0.3) is 5.91 Å². The molecule has 8 nitrogen and oxygen atoms in total. The summed E-state index contributed by atoms with van der Waals surface area (Å²) in [5.74, 6) is -1.62. The molecule has 1 atom stereocenters. The van der Waals surface area contributed by atoms with Gasteiger partial charge in [-0.3, -0.25) is 14.5 Å². The second-order valence-electron chi connectivity index (χ2n) is 8.08. The first-order chi connectivity index (χ1) is 14.8. The maximum Gasteiger partial charge on any atom is 0.325 e. The van der Waals surface area contributed by atoms with Gasteiger partial charge in [0.15, 0.2) is 9.84 Å². The summed E-state index contributed by atoms with van der Waals surface area (Å²) in [6, 6.07) is 9.93. The largest absolute Gasteiger partial charge is 0.325 e. The van der Waals surface area contributed by atoms with Crippen LogP contribution in [0.25, 0.3) is 0 Å². The van der Waals surface area contributed by atoms with Gasteiger partial charge in [0.2, 0.25) is 5.91 Å². The highest BCUT2D eigenvalue weighted by Gasteiger charge is 2.49. The van der Waals surface area contributed by atoms with Gasteiger partial charge in [0.1, 0.15) is 17.9 Å². The second kappa shape index (κ2) is 8.34. The topological polar surface area (TPSA) is 104 Å². The van der Waals surface area contributed by atoms with E-state index in [4.69, 9.17) is 0 Å². The monoisotopic (exact) mass is 461 g/mol. The number of nitrogens with zero attached hydrogens (tertiary/aromatic N) is 2. The van der Waals surface area contributed by atoms with Crippen LogP contribution in [0.1, 0.15) is 26.3 Å². The molecule has 1 N–H and O–H groups in total. The molecule has 32 heavy (non-hydrogen) atoms. The van der Waals surface area contributed by atoms with E-state index in [-0.39, 0.29) is 10.9 Å². The van der Waals surface area contributed by atoms with Crippen molar-refractivity contribution in [2.45, 2.75) is 37.2 Å². The highest BCUT2D eigenvalue weighted by Crippen LogP contribution is 2.29. The Hall–Kier alpha value is -3.27. The molecule has 3 rings (SSSR count). The molecule has 0 radical (unpaired) electrons. The maximum atomic E-state index is 13.3. The van der Waals surface area contributed by atoms with Crippen molar-refractivity contribution in [1.29, 1.82) is 0 Å². The molecule has 1 saturated heterocycles. The Balaban J connectivity index is 1.84. The van der Waals surface area contributed by atoms with E-state index in [2.05, 4.69) is 5.32 Å². The number of carbonyl (C=O) groups is 3. The van der Waals surface area contributed by atoms with Gasteiger partial charge in [-0.05, 0) is 62.7 Å². The van der Waals surface area contributed by atoms with Crippen molar-refractivity contribution >= 4 is 33.4 Å². The molecule has 1 heterocycles. The van der Waals surface area contributed by atoms with Crippen LogP contribution in [-0.4, -0.2) is 50.0 Å². The van der Waals surface area contributed by atoms with Crippen molar-refractivity contribution in [2.24, 2.45) is 0 Å². The van der Waals surface area contributed by atoms with Crippen LogP contribution < -0.4 is 10.2 Å². The number of hydrogen-bond donors (Lipinski definition) is 1. The van der Waals surface area contributed by atoms with E-state index in [1.807, 2.05) is 0 Å². The van der Waals surface area contributed by atoms with Crippen LogP contribution in [0, 0.1) is 5.82 Å². The van der Waals surface area contributed by atoms with Crippen LogP contribution in [-0.2, 0) is 25.0 Å². The zero-order chi connectivity index (χ0) is 23.8. The van der Waals surface area contributed by atoms with Crippen LogP contribution in [0.5, 0.6) is 0 Å². The molecule has 2 aromatic carbocycles. The normalized spacial score (nSPS) is 18.8. The highest BCUT2D eigenvalue weighted by atomic mass is 32.2. The van der Waals surface area contributed by atoms with Gasteiger partial charge in [0, 0.05) is 18.0 Å². The molecule has 0 saturated carbocycles. The lowest BCUT2D eigenvalue weighted by Gasteiger charge is -2.29. The highest BCUT2D eigenvalue weighted by molar-refractivity contribution is 7.90. The van der Waals surface area contributed by atoms with Gasteiger partial charge in [-0.25, -0.2) is 17.6 Å². The van der Waals surface area contributed by atoms with Crippen LogP contribution in [0.3, 0.4) is 0 Å². The van der Waals surface area contributed by atoms with Crippen molar-refractivity contribution in [1.82, 2.24) is 10.2 Å². The van der Waals surface area contributed by atoms with E-state index in [1.165, 1.54) is 60.4 Å². The minimum Gasteiger partial charge on any atom is -0.319 e. The maximum absolute atomic E-state index is 13.3. The lowest BCUT2D eigenvalue weighted by atomic mass is 9.92. The van der Waals surface area contributed by atoms with Crippen LogP contribution in [0.15, 0.2) is 53.4 Å². The molecule has 1 fully saturated rings. The zero-order valence-corrected chi connectivity index (χ0v) is 18.9. The van der Waals surface area contributed by atoms with Crippen LogP contribution in [0.4, 0.5) is 14.9 Å². The van der Waals surface area contributed by atoms with E-state index in [0.29, 0.717) is 11.3 Å². The standard InChI is InChI=1S/C22H24FN3O5S/c1-14(2)26(17-9-11-18(12-10-17)32(4,30)31)19(27)13-25-20(28)22(3,24-21(25)29)15-5-7-16(23)8-6-15/h5-12,14H,13H2,1-4H3,(H,24,29). The summed E-state index contributed by atoms with van der Waals surface area (Å²) in [5, 5.41) is 2.58. The summed E-state index contributed by atoms with van der Waals surface area (Å²) in [6.45, 7) is 4.51. The Morgan fingerprint density at radius 1 is 1.09 bits per heavy atom. The van der Waals surface area contributed by atoms with Crippen molar-refractivity contribution < 1.29 is 27.2 Å². The van der Waals surface area contributed by atoms with Gasteiger partial charge in [0.05, 0.1) is 4.90 Å².